The number of amides is 1. The zero-order valence-corrected chi connectivity index (χ0v) is 15.2. The molecule has 0 unspecified atom stereocenters. The number of carbonyl (C=O) groups excluding carboxylic acids is 2. The van der Waals surface area contributed by atoms with Crippen molar-refractivity contribution < 1.29 is 14.3 Å². The van der Waals surface area contributed by atoms with Crippen LogP contribution in [0.2, 0.25) is 0 Å². The lowest BCUT2D eigenvalue weighted by Crippen LogP contribution is -2.42. The van der Waals surface area contributed by atoms with Crippen molar-refractivity contribution in [2.24, 2.45) is 5.92 Å². The summed E-state index contributed by atoms with van der Waals surface area (Å²) in [6, 6.07) is 18.5. The summed E-state index contributed by atoms with van der Waals surface area (Å²) >= 11 is 0. The summed E-state index contributed by atoms with van der Waals surface area (Å²) < 4.78 is 4.81. The fourth-order valence-corrected chi connectivity index (χ4v) is 3.25. The normalized spacial score (nSPS) is 12.9. The second-order valence-corrected chi connectivity index (χ2v) is 6.51. The number of ether oxygens (including phenoxy) is 1. The topological polar surface area (TPSA) is 79.2 Å². The molecule has 0 aromatic heterocycles. The van der Waals surface area contributed by atoms with Gasteiger partial charge < -0.3 is 10.1 Å². The van der Waals surface area contributed by atoms with Crippen molar-refractivity contribution in [3.8, 4) is 6.07 Å². The maximum atomic E-state index is 13.2. The molecule has 0 saturated carbocycles. The van der Waals surface area contributed by atoms with Crippen LogP contribution >= 0.6 is 0 Å². The van der Waals surface area contributed by atoms with Crippen molar-refractivity contribution in [1.29, 1.82) is 5.26 Å². The number of fused-ring (bicyclic) bond motifs is 2. The third-order valence-corrected chi connectivity index (χ3v) is 4.60. The van der Waals surface area contributed by atoms with Gasteiger partial charge in [0.25, 0.3) is 5.91 Å². The number of benzene rings is 3. The zero-order chi connectivity index (χ0) is 19.4. The number of nitriles is 1. The Hall–Kier alpha value is -3.39. The lowest BCUT2D eigenvalue weighted by Gasteiger charge is -2.19. The van der Waals surface area contributed by atoms with Crippen LogP contribution in [-0.4, -0.2) is 25.0 Å². The van der Waals surface area contributed by atoms with Crippen molar-refractivity contribution in [2.45, 2.75) is 19.4 Å². The highest BCUT2D eigenvalue weighted by Gasteiger charge is 2.26. The summed E-state index contributed by atoms with van der Waals surface area (Å²) in [4.78, 5) is 25.3. The van der Waals surface area contributed by atoms with Gasteiger partial charge in [0.1, 0.15) is 6.04 Å². The lowest BCUT2D eigenvalue weighted by molar-refractivity contribution is -0.143. The Morgan fingerprint density at radius 3 is 2.15 bits per heavy atom. The average molecular weight is 360 g/mol. The van der Waals surface area contributed by atoms with Gasteiger partial charge >= 0.3 is 5.97 Å². The summed E-state index contributed by atoms with van der Waals surface area (Å²) in [5.74, 6) is -1.31. The summed E-state index contributed by atoms with van der Waals surface area (Å²) in [5, 5.41) is 15.3. The summed E-state index contributed by atoms with van der Waals surface area (Å²) in [7, 11) is 1.27. The molecule has 0 radical (unpaired) electrons. The molecule has 0 heterocycles. The molecule has 27 heavy (non-hydrogen) atoms. The van der Waals surface area contributed by atoms with Gasteiger partial charge in [0.2, 0.25) is 0 Å². The molecule has 0 aliphatic carbocycles. The maximum absolute atomic E-state index is 13.2. The zero-order valence-electron chi connectivity index (χ0n) is 15.2. The largest absolute Gasteiger partial charge is 0.467 e. The van der Waals surface area contributed by atoms with Gasteiger partial charge in [-0.05, 0) is 41.0 Å². The fraction of sp³-hybridized carbons (Fsp3) is 0.227. The number of hydrogen-bond donors (Lipinski definition) is 1. The van der Waals surface area contributed by atoms with E-state index in [4.69, 9.17) is 10.00 Å². The fourth-order valence-electron chi connectivity index (χ4n) is 3.25. The quantitative estimate of drug-likeness (QED) is 0.554. The van der Waals surface area contributed by atoms with Crippen molar-refractivity contribution >= 4 is 33.4 Å². The molecule has 0 saturated heterocycles. The van der Waals surface area contributed by atoms with Crippen LogP contribution in [0.25, 0.3) is 21.5 Å². The smallest absolute Gasteiger partial charge is 0.328 e. The highest BCUT2D eigenvalue weighted by molar-refractivity contribution is 6.18. The van der Waals surface area contributed by atoms with Crippen molar-refractivity contribution in [1.82, 2.24) is 5.32 Å². The first kappa shape index (κ1) is 18.4. The molecular weight excluding hydrogens is 340 g/mol. The van der Waals surface area contributed by atoms with Gasteiger partial charge in [0.05, 0.1) is 18.7 Å². The van der Waals surface area contributed by atoms with Crippen LogP contribution in [0.5, 0.6) is 0 Å². The van der Waals surface area contributed by atoms with E-state index in [0.29, 0.717) is 5.56 Å². The van der Waals surface area contributed by atoms with Crippen LogP contribution in [-0.2, 0) is 9.53 Å². The van der Waals surface area contributed by atoms with Crippen LogP contribution in [0.1, 0.15) is 23.7 Å². The Bertz CT molecular complexity index is 998. The van der Waals surface area contributed by atoms with E-state index in [1.807, 2.05) is 54.6 Å². The second-order valence-electron chi connectivity index (χ2n) is 6.51. The van der Waals surface area contributed by atoms with Crippen LogP contribution in [0.4, 0.5) is 0 Å². The van der Waals surface area contributed by atoms with E-state index in [2.05, 4.69) is 11.4 Å². The minimum atomic E-state index is -0.880. The van der Waals surface area contributed by atoms with E-state index in [1.54, 1.807) is 6.92 Å². The number of nitrogens with one attached hydrogen (secondary N) is 1. The standard InChI is InChI=1S/C22H20N2O3/c1-14(13-23)11-19(22(26)27-2)24-21(25)20-17-9-5-3-7-15(17)12-16-8-4-6-10-18(16)20/h3-10,12,14,19H,11H2,1-2H3,(H,24,25)/t14-,19+/m1/s1. The number of methoxy groups -OCH3 is 1. The van der Waals surface area contributed by atoms with Crippen LogP contribution < -0.4 is 5.32 Å². The van der Waals surface area contributed by atoms with Crippen molar-refractivity contribution in [3.63, 3.8) is 0 Å². The van der Waals surface area contributed by atoms with Gasteiger partial charge in [-0.25, -0.2) is 4.79 Å². The minimum absolute atomic E-state index is 0.192. The Labute approximate surface area is 157 Å². The number of esters is 1. The SMILES string of the molecule is COC(=O)[C@H](C[C@@H](C)C#N)NC(=O)c1c2ccccc2cc2ccccc12. The molecule has 0 bridgehead atoms. The van der Waals surface area contributed by atoms with E-state index >= 15 is 0 Å². The lowest BCUT2D eigenvalue weighted by atomic mass is 9.95. The first-order valence-electron chi connectivity index (χ1n) is 8.74. The highest BCUT2D eigenvalue weighted by Crippen LogP contribution is 2.28. The van der Waals surface area contributed by atoms with E-state index in [0.717, 1.165) is 21.5 Å². The predicted molar refractivity (Wildman–Crippen MR) is 104 cm³/mol. The summed E-state index contributed by atoms with van der Waals surface area (Å²) in [6.45, 7) is 1.70. The maximum Gasteiger partial charge on any atom is 0.328 e. The first-order valence-corrected chi connectivity index (χ1v) is 8.74. The predicted octanol–water partition coefficient (Wildman–Crippen LogP) is 3.81. The third-order valence-electron chi connectivity index (χ3n) is 4.60. The van der Waals surface area contributed by atoms with Gasteiger partial charge in [0, 0.05) is 5.92 Å². The molecule has 0 aliphatic rings. The summed E-state index contributed by atoms with van der Waals surface area (Å²) in [5.41, 5.74) is 0.516. The summed E-state index contributed by atoms with van der Waals surface area (Å²) in [6.07, 6.45) is 0.192. The van der Waals surface area contributed by atoms with Gasteiger partial charge in [0.15, 0.2) is 0 Å². The molecule has 5 nitrogen and oxygen atoms in total. The van der Waals surface area contributed by atoms with E-state index in [1.165, 1.54) is 7.11 Å². The molecule has 1 N–H and O–H groups in total. The molecule has 1 amide bonds. The molecule has 136 valence electrons. The molecule has 0 fully saturated rings. The highest BCUT2D eigenvalue weighted by atomic mass is 16.5. The number of rotatable bonds is 5. The molecule has 3 aromatic rings. The molecule has 0 aliphatic heterocycles. The van der Waals surface area contributed by atoms with Crippen LogP contribution in [0.15, 0.2) is 54.6 Å². The third kappa shape index (κ3) is 3.75. The molecule has 3 aromatic carbocycles. The van der Waals surface area contributed by atoms with E-state index in [9.17, 15) is 9.59 Å². The molecule has 0 spiro atoms. The molecular formula is C22H20N2O3. The Balaban J connectivity index is 2.08. The minimum Gasteiger partial charge on any atom is -0.467 e. The van der Waals surface area contributed by atoms with Gasteiger partial charge in [-0.3, -0.25) is 4.79 Å². The van der Waals surface area contributed by atoms with E-state index < -0.39 is 17.9 Å². The monoisotopic (exact) mass is 360 g/mol. The van der Waals surface area contributed by atoms with Gasteiger partial charge in [-0.2, -0.15) is 5.26 Å². The Morgan fingerprint density at radius 2 is 1.63 bits per heavy atom. The number of hydrogen-bond acceptors (Lipinski definition) is 4. The van der Waals surface area contributed by atoms with Crippen LogP contribution in [0, 0.1) is 17.2 Å². The second kappa shape index (κ2) is 7.88. The molecule has 2 atom stereocenters. The van der Waals surface area contributed by atoms with Gasteiger partial charge in [-0.15, -0.1) is 0 Å². The average Bonchev–Trinajstić information content (AvgIpc) is 2.70. The van der Waals surface area contributed by atoms with Gasteiger partial charge in [-0.1, -0.05) is 48.5 Å². The first-order chi connectivity index (χ1) is 13.0. The Kier molecular flexibility index (Phi) is 5.37. The Morgan fingerprint density at radius 1 is 1.07 bits per heavy atom. The van der Waals surface area contributed by atoms with Crippen molar-refractivity contribution in [2.75, 3.05) is 7.11 Å². The van der Waals surface area contributed by atoms with Crippen molar-refractivity contribution in [3.05, 3.63) is 60.2 Å². The molecule has 5 heteroatoms. The number of nitrogens with zero attached hydrogens (tertiary/aromatic N) is 1. The van der Waals surface area contributed by atoms with E-state index in [-0.39, 0.29) is 12.3 Å². The molecule has 3 rings (SSSR count). The van der Waals surface area contributed by atoms with Crippen LogP contribution in [0.3, 0.4) is 0 Å². The number of carbonyl (C=O) groups is 2.